The summed E-state index contributed by atoms with van der Waals surface area (Å²) in [7, 11) is 0. The number of halogens is 1. The maximum Gasteiger partial charge on any atom is 0.245 e. The third kappa shape index (κ3) is 3.16. The van der Waals surface area contributed by atoms with E-state index in [4.69, 9.17) is 5.26 Å². The van der Waals surface area contributed by atoms with E-state index in [1.807, 2.05) is 12.1 Å². The highest BCUT2D eigenvalue weighted by Gasteiger charge is 2.11. The predicted molar refractivity (Wildman–Crippen MR) is 100 cm³/mol. The van der Waals surface area contributed by atoms with Crippen LogP contribution in [0.25, 0.3) is 5.52 Å². The number of hydrogen-bond donors (Lipinski definition) is 2. The molecule has 1 saturated heterocycles. The summed E-state index contributed by atoms with van der Waals surface area (Å²) in [5, 5.41) is 20.1. The molecule has 2 N–H and O–H groups in total. The van der Waals surface area contributed by atoms with Gasteiger partial charge in [0.25, 0.3) is 0 Å². The summed E-state index contributed by atoms with van der Waals surface area (Å²) in [4.78, 5) is 6.68. The van der Waals surface area contributed by atoms with Crippen molar-refractivity contribution in [2.75, 3.05) is 36.4 Å². The maximum absolute atomic E-state index is 9.09. The second-order valence-electron chi connectivity index (χ2n) is 5.79. The summed E-state index contributed by atoms with van der Waals surface area (Å²) in [5.41, 5.74) is 3.44. The molecule has 3 heterocycles. The summed E-state index contributed by atoms with van der Waals surface area (Å²) in [6, 6.07) is 12.1. The third-order valence-corrected chi connectivity index (χ3v) is 4.95. The van der Waals surface area contributed by atoms with Crippen LogP contribution in [0.5, 0.6) is 0 Å². The fraction of sp³-hybridized carbons (Fsp3) is 0.235. The number of nitrogens with zero attached hydrogens (tertiary/aromatic N) is 5. The molecular weight excluding hydrogens is 382 g/mol. The van der Waals surface area contributed by atoms with Crippen molar-refractivity contribution in [3.63, 3.8) is 0 Å². The molecule has 0 radical (unpaired) electrons. The standard InChI is InChI=1S/C17H16BrN7/c18-16-12(10-19)9-15-11-21-17(23-25(15)16)22-13-1-3-14(4-2-13)24-7-5-20-6-8-24/h1-4,9,11,20H,5-8H2,(H,22,23). The molecule has 0 aliphatic carbocycles. The Morgan fingerprint density at radius 2 is 1.96 bits per heavy atom. The lowest BCUT2D eigenvalue weighted by Crippen LogP contribution is -2.43. The van der Waals surface area contributed by atoms with Crippen molar-refractivity contribution >= 4 is 38.8 Å². The van der Waals surface area contributed by atoms with Crippen molar-refractivity contribution in [3.8, 4) is 6.07 Å². The number of nitrogens with one attached hydrogen (secondary N) is 2. The van der Waals surface area contributed by atoms with Crippen molar-refractivity contribution < 1.29 is 0 Å². The van der Waals surface area contributed by atoms with Crippen LogP contribution in [-0.2, 0) is 0 Å². The number of rotatable bonds is 3. The number of aromatic nitrogens is 3. The fourth-order valence-corrected chi connectivity index (χ4v) is 3.37. The predicted octanol–water partition coefficient (Wildman–Crippen LogP) is 2.52. The normalized spacial score (nSPS) is 14.5. The average Bonchev–Trinajstić information content (AvgIpc) is 2.99. The molecule has 4 rings (SSSR count). The summed E-state index contributed by atoms with van der Waals surface area (Å²) in [5.74, 6) is 0.475. The Morgan fingerprint density at radius 1 is 1.20 bits per heavy atom. The van der Waals surface area contributed by atoms with Crippen molar-refractivity contribution in [3.05, 3.63) is 46.7 Å². The smallest absolute Gasteiger partial charge is 0.245 e. The van der Waals surface area contributed by atoms with Gasteiger partial charge in [-0.25, -0.2) is 9.50 Å². The van der Waals surface area contributed by atoms with Gasteiger partial charge in [-0.15, -0.1) is 5.10 Å². The van der Waals surface area contributed by atoms with E-state index in [1.54, 1.807) is 16.8 Å². The van der Waals surface area contributed by atoms with Gasteiger partial charge in [0.15, 0.2) is 0 Å². The minimum Gasteiger partial charge on any atom is -0.369 e. The van der Waals surface area contributed by atoms with Crippen LogP contribution in [0, 0.1) is 11.3 Å². The molecule has 0 saturated carbocycles. The Hall–Kier alpha value is -2.63. The van der Waals surface area contributed by atoms with E-state index in [9.17, 15) is 0 Å². The Balaban J connectivity index is 1.54. The van der Waals surface area contributed by atoms with Crippen LogP contribution in [0.15, 0.2) is 41.1 Å². The minimum absolute atomic E-state index is 0.475. The van der Waals surface area contributed by atoms with Gasteiger partial charge in [0.2, 0.25) is 5.95 Å². The highest BCUT2D eigenvalue weighted by Crippen LogP contribution is 2.23. The molecule has 25 heavy (non-hydrogen) atoms. The molecule has 126 valence electrons. The molecule has 3 aromatic rings. The van der Waals surface area contributed by atoms with E-state index in [0.717, 1.165) is 37.4 Å². The summed E-state index contributed by atoms with van der Waals surface area (Å²) in [6.07, 6.45) is 1.69. The zero-order valence-corrected chi connectivity index (χ0v) is 15.0. The topological polar surface area (TPSA) is 81.3 Å². The number of fused-ring (bicyclic) bond motifs is 1. The number of piperazine rings is 1. The molecule has 8 heteroatoms. The van der Waals surface area contributed by atoms with Gasteiger partial charge >= 0.3 is 0 Å². The second-order valence-corrected chi connectivity index (χ2v) is 6.54. The van der Waals surface area contributed by atoms with E-state index in [-0.39, 0.29) is 0 Å². The summed E-state index contributed by atoms with van der Waals surface area (Å²) < 4.78 is 2.28. The van der Waals surface area contributed by atoms with Gasteiger partial charge < -0.3 is 15.5 Å². The van der Waals surface area contributed by atoms with Gasteiger partial charge in [0.05, 0.1) is 17.3 Å². The van der Waals surface area contributed by atoms with E-state index in [1.165, 1.54) is 5.69 Å². The lowest BCUT2D eigenvalue weighted by Gasteiger charge is -2.29. The second kappa shape index (κ2) is 6.70. The number of anilines is 3. The first-order valence-electron chi connectivity index (χ1n) is 8.02. The molecule has 0 bridgehead atoms. The van der Waals surface area contributed by atoms with Crippen LogP contribution in [0.2, 0.25) is 0 Å². The zero-order valence-electron chi connectivity index (χ0n) is 13.4. The SMILES string of the molecule is N#Cc1cc2cnc(Nc3ccc(N4CCNCC4)cc3)nn2c1Br. The largest absolute Gasteiger partial charge is 0.369 e. The lowest BCUT2D eigenvalue weighted by molar-refractivity contribution is 0.589. The van der Waals surface area contributed by atoms with Crippen LogP contribution in [0.3, 0.4) is 0 Å². The van der Waals surface area contributed by atoms with Crippen LogP contribution < -0.4 is 15.5 Å². The number of hydrogen-bond acceptors (Lipinski definition) is 6. The molecule has 1 fully saturated rings. The van der Waals surface area contributed by atoms with Crippen molar-refractivity contribution in [2.45, 2.75) is 0 Å². The lowest BCUT2D eigenvalue weighted by atomic mass is 10.2. The maximum atomic E-state index is 9.09. The molecule has 0 unspecified atom stereocenters. The summed E-state index contributed by atoms with van der Waals surface area (Å²) >= 11 is 3.40. The Labute approximate surface area is 153 Å². The van der Waals surface area contributed by atoms with Crippen LogP contribution in [0.1, 0.15) is 5.56 Å². The van der Waals surface area contributed by atoms with Gasteiger partial charge in [-0.2, -0.15) is 5.26 Å². The first-order chi connectivity index (χ1) is 12.2. The molecule has 0 amide bonds. The van der Waals surface area contributed by atoms with Crippen molar-refractivity contribution in [2.24, 2.45) is 0 Å². The first-order valence-corrected chi connectivity index (χ1v) is 8.81. The molecule has 0 spiro atoms. The van der Waals surface area contributed by atoms with Crippen LogP contribution in [-0.4, -0.2) is 40.8 Å². The van der Waals surface area contributed by atoms with Crippen molar-refractivity contribution in [1.29, 1.82) is 5.26 Å². The highest BCUT2D eigenvalue weighted by molar-refractivity contribution is 9.10. The van der Waals surface area contributed by atoms with Gasteiger partial charge in [-0.1, -0.05) is 0 Å². The molecular formula is C17H16BrN7. The van der Waals surface area contributed by atoms with Gasteiger partial charge in [-0.3, -0.25) is 0 Å². The first kappa shape index (κ1) is 15.9. The monoisotopic (exact) mass is 397 g/mol. The summed E-state index contributed by atoms with van der Waals surface area (Å²) in [6.45, 7) is 4.08. The van der Waals surface area contributed by atoms with Gasteiger partial charge in [0, 0.05) is 37.6 Å². The quantitative estimate of drug-likeness (QED) is 0.706. The van der Waals surface area contributed by atoms with E-state index < -0.39 is 0 Å². The molecule has 2 aromatic heterocycles. The average molecular weight is 398 g/mol. The number of benzene rings is 1. The van der Waals surface area contributed by atoms with Crippen LogP contribution >= 0.6 is 15.9 Å². The Morgan fingerprint density at radius 3 is 2.68 bits per heavy atom. The third-order valence-electron chi connectivity index (χ3n) is 4.18. The Kier molecular flexibility index (Phi) is 4.26. The van der Waals surface area contributed by atoms with E-state index in [2.05, 4.69) is 59.7 Å². The Bertz CT molecular complexity index is 936. The molecule has 0 atom stereocenters. The minimum atomic E-state index is 0.475. The molecule has 7 nitrogen and oxygen atoms in total. The highest BCUT2D eigenvalue weighted by atomic mass is 79.9. The number of nitriles is 1. The van der Waals surface area contributed by atoms with Crippen LogP contribution in [0.4, 0.5) is 17.3 Å². The molecule has 1 aliphatic rings. The van der Waals surface area contributed by atoms with Gasteiger partial charge in [0.1, 0.15) is 10.7 Å². The van der Waals surface area contributed by atoms with Gasteiger partial charge in [-0.05, 0) is 46.3 Å². The van der Waals surface area contributed by atoms with Crippen molar-refractivity contribution in [1.82, 2.24) is 19.9 Å². The van der Waals surface area contributed by atoms with E-state index in [0.29, 0.717) is 16.1 Å². The van der Waals surface area contributed by atoms with E-state index >= 15 is 0 Å². The molecule has 1 aromatic carbocycles. The fourth-order valence-electron chi connectivity index (χ4n) is 2.88. The molecule has 1 aliphatic heterocycles. The zero-order chi connectivity index (χ0) is 17.2.